The zero-order valence-electron chi connectivity index (χ0n) is 22.9. The third kappa shape index (κ3) is 3.91. The zero-order chi connectivity index (χ0) is 27.9. The van der Waals surface area contributed by atoms with Crippen molar-refractivity contribution in [2.45, 2.75) is 0 Å². The second kappa shape index (κ2) is 10.0. The van der Waals surface area contributed by atoms with Crippen molar-refractivity contribution in [3.05, 3.63) is 170 Å². The molecule has 0 atom stereocenters. The van der Waals surface area contributed by atoms with Gasteiger partial charge in [0.2, 0.25) is 0 Å². The summed E-state index contributed by atoms with van der Waals surface area (Å²) in [6.45, 7) is 0. The maximum Gasteiger partial charge on any atom is 0.0973 e. The van der Waals surface area contributed by atoms with Gasteiger partial charge in [0.05, 0.1) is 17.1 Å². The first-order chi connectivity index (χ1) is 20.9. The number of benzene rings is 7. The van der Waals surface area contributed by atoms with Crippen LogP contribution in [0.5, 0.6) is 0 Å². The lowest BCUT2D eigenvalue weighted by molar-refractivity contribution is 1.30. The largest absolute Gasteiger partial charge is 0.310 e. The monoisotopic (exact) mass is 534 g/mol. The lowest BCUT2D eigenvalue weighted by Gasteiger charge is -2.28. The molecule has 0 aliphatic carbocycles. The van der Waals surface area contributed by atoms with E-state index in [1.165, 1.54) is 32.3 Å². The molecule has 196 valence electrons. The first kappa shape index (κ1) is 24.1. The second-order valence-electron chi connectivity index (χ2n) is 10.4. The van der Waals surface area contributed by atoms with Gasteiger partial charge in [-0.2, -0.15) is 0 Å². The molecule has 0 heterocycles. The van der Waals surface area contributed by atoms with Crippen LogP contribution in [0.2, 0.25) is 0 Å². The standard InChI is InChI=1S/C40H26N2/c1-5-13-31(14-6-1)41(32-15-7-2-8-16-32)37-27-23-29-22-26-36-38(28-24-30-21-25-35(37)39(29)40(30)36)42(33-17-9-3-10-18-33)34-19-11-4-12-20-34/h1-11,13-19,21-28H. The van der Waals surface area contributed by atoms with E-state index < -0.39 is 0 Å². The Kier molecular flexibility index (Phi) is 5.73. The Hall–Kier alpha value is -5.78. The van der Waals surface area contributed by atoms with Gasteiger partial charge >= 0.3 is 0 Å². The smallest absolute Gasteiger partial charge is 0.0973 e. The molecule has 0 aliphatic rings. The Morgan fingerprint density at radius 3 is 1.31 bits per heavy atom. The van der Waals surface area contributed by atoms with Crippen LogP contribution in [-0.2, 0) is 0 Å². The van der Waals surface area contributed by atoms with E-state index in [4.69, 9.17) is 0 Å². The van der Waals surface area contributed by atoms with Gasteiger partial charge in [-0.05, 0) is 88.3 Å². The van der Waals surface area contributed by atoms with Gasteiger partial charge in [0, 0.05) is 27.8 Å². The van der Waals surface area contributed by atoms with E-state index >= 15 is 0 Å². The highest BCUT2D eigenvalue weighted by molar-refractivity contribution is 6.28. The minimum atomic E-state index is 0.957. The summed E-state index contributed by atoms with van der Waals surface area (Å²) in [6.07, 6.45) is 0. The third-order valence-corrected chi connectivity index (χ3v) is 8.02. The van der Waals surface area contributed by atoms with Gasteiger partial charge < -0.3 is 9.80 Å². The quantitative estimate of drug-likeness (QED) is 0.196. The van der Waals surface area contributed by atoms with Gasteiger partial charge in [-0.3, -0.25) is 0 Å². The van der Waals surface area contributed by atoms with Crippen LogP contribution in [0.1, 0.15) is 0 Å². The van der Waals surface area contributed by atoms with Crippen LogP contribution in [0, 0.1) is 12.1 Å². The van der Waals surface area contributed by atoms with Crippen molar-refractivity contribution in [1.29, 1.82) is 0 Å². The predicted molar refractivity (Wildman–Crippen MR) is 177 cm³/mol. The summed E-state index contributed by atoms with van der Waals surface area (Å²) >= 11 is 0. The fourth-order valence-corrected chi connectivity index (χ4v) is 6.20. The molecule has 0 radical (unpaired) electrons. The van der Waals surface area contributed by atoms with Gasteiger partial charge in [-0.1, -0.05) is 103 Å². The third-order valence-electron chi connectivity index (χ3n) is 8.02. The van der Waals surface area contributed by atoms with E-state index in [-0.39, 0.29) is 0 Å². The van der Waals surface area contributed by atoms with Crippen molar-refractivity contribution in [3.63, 3.8) is 0 Å². The molecule has 0 N–H and O–H groups in total. The summed E-state index contributed by atoms with van der Waals surface area (Å²) in [4.78, 5) is 4.64. The number of hydrogen-bond acceptors (Lipinski definition) is 2. The van der Waals surface area contributed by atoms with Gasteiger partial charge in [0.15, 0.2) is 0 Å². The molecular formula is C40H26N2. The minimum absolute atomic E-state index is 0.957. The molecule has 0 aromatic heterocycles. The van der Waals surface area contributed by atoms with E-state index in [1.807, 2.05) is 12.1 Å². The van der Waals surface area contributed by atoms with Gasteiger partial charge in [0.25, 0.3) is 0 Å². The molecule has 0 bridgehead atoms. The van der Waals surface area contributed by atoms with E-state index in [9.17, 15) is 0 Å². The highest BCUT2D eigenvalue weighted by Gasteiger charge is 2.21. The first-order valence-corrected chi connectivity index (χ1v) is 14.2. The number of rotatable bonds is 6. The Bertz CT molecular complexity index is 1890. The maximum atomic E-state index is 3.35. The fourth-order valence-electron chi connectivity index (χ4n) is 6.20. The summed E-state index contributed by atoms with van der Waals surface area (Å²) in [7, 11) is 0. The van der Waals surface area contributed by atoms with Crippen LogP contribution in [0.15, 0.2) is 158 Å². The van der Waals surface area contributed by atoms with Crippen molar-refractivity contribution in [2.75, 3.05) is 9.80 Å². The summed E-state index contributed by atoms with van der Waals surface area (Å²) in [6, 6.07) is 62.3. The summed E-state index contributed by atoms with van der Waals surface area (Å²) < 4.78 is 0. The maximum absolute atomic E-state index is 3.35. The van der Waals surface area contributed by atoms with Gasteiger partial charge in [-0.25, -0.2) is 0 Å². The molecule has 8 aromatic rings. The van der Waals surface area contributed by atoms with Crippen molar-refractivity contribution in [1.82, 2.24) is 0 Å². The molecule has 2 heteroatoms. The molecule has 0 aliphatic heterocycles. The predicted octanol–water partition coefficient (Wildman–Crippen LogP) is 11.1. The van der Waals surface area contributed by atoms with Crippen LogP contribution in [-0.4, -0.2) is 0 Å². The average Bonchev–Trinajstić information content (AvgIpc) is 3.07. The number of nitrogens with zero attached hydrogens (tertiary/aromatic N) is 2. The Labute approximate surface area is 245 Å². The van der Waals surface area contributed by atoms with E-state index in [1.54, 1.807) is 0 Å². The van der Waals surface area contributed by atoms with Crippen LogP contribution in [0.25, 0.3) is 32.3 Å². The van der Waals surface area contributed by atoms with Crippen molar-refractivity contribution < 1.29 is 0 Å². The molecule has 0 amide bonds. The van der Waals surface area contributed by atoms with Crippen molar-refractivity contribution >= 4 is 66.4 Å². The molecule has 0 saturated heterocycles. The normalized spacial score (nSPS) is 11.1. The number of anilines is 6. The lowest BCUT2D eigenvalue weighted by atomic mass is 9.91. The second-order valence-corrected chi connectivity index (χ2v) is 10.4. The van der Waals surface area contributed by atoms with Crippen LogP contribution < -0.4 is 9.80 Å². The summed E-state index contributed by atoms with van der Waals surface area (Å²) in [5.41, 5.74) is 6.58. The summed E-state index contributed by atoms with van der Waals surface area (Å²) in [5.74, 6) is 0. The zero-order valence-corrected chi connectivity index (χ0v) is 22.9. The molecule has 0 fully saturated rings. The summed E-state index contributed by atoms with van der Waals surface area (Å²) in [5, 5.41) is 7.43. The molecule has 0 spiro atoms. The molecule has 42 heavy (non-hydrogen) atoms. The Morgan fingerprint density at radius 2 is 0.833 bits per heavy atom. The first-order valence-electron chi connectivity index (χ1n) is 14.2. The number of para-hydroxylation sites is 3. The Balaban J connectivity index is 1.42. The van der Waals surface area contributed by atoms with E-state index in [0.29, 0.717) is 0 Å². The molecule has 8 rings (SSSR count). The highest BCUT2D eigenvalue weighted by Crippen LogP contribution is 2.47. The van der Waals surface area contributed by atoms with E-state index in [2.05, 4.69) is 168 Å². The van der Waals surface area contributed by atoms with Crippen LogP contribution in [0.4, 0.5) is 34.1 Å². The molecule has 0 saturated carbocycles. The van der Waals surface area contributed by atoms with Gasteiger partial charge in [0.1, 0.15) is 0 Å². The average molecular weight is 535 g/mol. The minimum Gasteiger partial charge on any atom is -0.310 e. The molecular weight excluding hydrogens is 508 g/mol. The van der Waals surface area contributed by atoms with Crippen LogP contribution >= 0.6 is 0 Å². The van der Waals surface area contributed by atoms with Gasteiger partial charge in [-0.15, -0.1) is 0 Å². The Morgan fingerprint density at radius 1 is 0.381 bits per heavy atom. The molecule has 2 nitrogen and oxygen atoms in total. The fraction of sp³-hybridized carbons (Fsp3) is 0. The molecule has 8 aromatic carbocycles. The van der Waals surface area contributed by atoms with E-state index in [0.717, 1.165) is 34.1 Å². The molecule has 0 unspecified atom stereocenters. The van der Waals surface area contributed by atoms with Crippen LogP contribution in [0.3, 0.4) is 0 Å². The topological polar surface area (TPSA) is 6.48 Å². The lowest BCUT2D eigenvalue weighted by Crippen LogP contribution is -2.11. The SMILES string of the molecule is c1cccc(N(c2ccccc2)c2ccc3ccc4c(N(c5ccccc5)c5ccccc5)ccc5ccc2c3c54)c#1. The van der Waals surface area contributed by atoms with Crippen molar-refractivity contribution in [3.8, 4) is 0 Å². The highest BCUT2D eigenvalue weighted by atomic mass is 15.1. The number of hydrogen-bond donors (Lipinski definition) is 0. The van der Waals surface area contributed by atoms with Crippen molar-refractivity contribution in [2.24, 2.45) is 0 Å².